The highest BCUT2D eigenvalue weighted by atomic mass is 14.8. The van der Waals surface area contributed by atoms with E-state index < -0.39 is 0 Å². The van der Waals surface area contributed by atoms with Gasteiger partial charge in [0, 0.05) is 5.39 Å². The maximum atomic E-state index is 5.93. The fraction of sp³-hybridized carbons (Fsp3) is 0.308. The van der Waals surface area contributed by atoms with Crippen molar-refractivity contribution in [1.82, 2.24) is 4.98 Å². The van der Waals surface area contributed by atoms with Gasteiger partial charge >= 0.3 is 0 Å². The molecule has 78 valence electrons. The normalized spacial score (nSPS) is 10.8. The lowest BCUT2D eigenvalue weighted by Crippen LogP contribution is -1.98. The van der Waals surface area contributed by atoms with Crippen LogP contribution in [0.25, 0.3) is 10.9 Å². The van der Waals surface area contributed by atoms with Gasteiger partial charge in [0.05, 0.1) is 5.52 Å². The number of aryl methyl sites for hydroxylation is 2. The molecule has 0 aliphatic rings. The molecule has 0 spiro atoms. The van der Waals surface area contributed by atoms with Gasteiger partial charge in [-0.15, -0.1) is 0 Å². The molecule has 15 heavy (non-hydrogen) atoms. The van der Waals surface area contributed by atoms with E-state index in [2.05, 4.69) is 43.1 Å². The molecule has 0 fully saturated rings. The van der Waals surface area contributed by atoms with Gasteiger partial charge in [-0.25, -0.2) is 4.98 Å². The Bertz CT molecular complexity index is 489. The average Bonchev–Trinajstić information content (AvgIpc) is 2.21. The molecule has 2 nitrogen and oxygen atoms in total. The van der Waals surface area contributed by atoms with Crippen molar-refractivity contribution in [3.8, 4) is 0 Å². The number of benzene rings is 1. The fourth-order valence-electron chi connectivity index (χ4n) is 1.87. The van der Waals surface area contributed by atoms with Gasteiger partial charge in [0.1, 0.15) is 5.82 Å². The number of rotatable bonds is 2. The van der Waals surface area contributed by atoms with Crippen molar-refractivity contribution in [2.75, 3.05) is 5.73 Å². The van der Waals surface area contributed by atoms with Crippen LogP contribution in [-0.2, 0) is 6.42 Å². The van der Waals surface area contributed by atoms with Gasteiger partial charge in [0.2, 0.25) is 0 Å². The standard InChI is InChI=1S/C13H16N2/c1-3-5-11-8-10-7-4-6-9(2)12(10)15-13(11)14/h4,6-8H,3,5H2,1-2H3,(H2,14,15). The van der Waals surface area contributed by atoms with Crippen LogP contribution in [0, 0.1) is 6.92 Å². The Kier molecular flexibility index (Phi) is 2.58. The van der Waals surface area contributed by atoms with E-state index >= 15 is 0 Å². The zero-order valence-corrected chi connectivity index (χ0v) is 9.25. The maximum Gasteiger partial charge on any atom is 0.127 e. The number of nitrogens with zero attached hydrogens (tertiary/aromatic N) is 1. The summed E-state index contributed by atoms with van der Waals surface area (Å²) < 4.78 is 0. The Morgan fingerprint density at radius 1 is 1.33 bits per heavy atom. The van der Waals surface area contributed by atoms with Gasteiger partial charge in [-0.3, -0.25) is 0 Å². The van der Waals surface area contributed by atoms with Crippen LogP contribution in [0.3, 0.4) is 0 Å². The van der Waals surface area contributed by atoms with Crippen molar-refractivity contribution >= 4 is 16.7 Å². The van der Waals surface area contributed by atoms with Crippen molar-refractivity contribution in [3.63, 3.8) is 0 Å². The van der Waals surface area contributed by atoms with Crippen LogP contribution in [-0.4, -0.2) is 4.98 Å². The van der Waals surface area contributed by atoms with Crippen LogP contribution in [0.5, 0.6) is 0 Å². The molecule has 2 N–H and O–H groups in total. The number of hydrogen-bond acceptors (Lipinski definition) is 2. The minimum Gasteiger partial charge on any atom is -0.383 e. The molecule has 0 aliphatic carbocycles. The minimum absolute atomic E-state index is 0.679. The van der Waals surface area contributed by atoms with E-state index in [1.807, 2.05) is 0 Å². The monoisotopic (exact) mass is 200 g/mol. The second-order valence-electron chi connectivity index (χ2n) is 3.93. The molecule has 2 aromatic rings. The SMILES string of the molecule is CCCc1cc2cccc(C)c2nc1N. The average molecular weight is 200 g/mol. The molecule has 0 amide bonds. The molecular weight excluding hydrogens is 184 g/mol. The third-order valence-electron chi connectivity index (χ3n) is 2.68. The van der Waals surface area contributed by atoms with E-state index in [0.717, 1.165) is 23.9 Å². The third kappa shape index (κ3) is 1.80. The minimum atomic E-state index is 0.679. The van der Waals surface area contributed by atoms with E-state index in [4.69, 9.17) is 5.73 Å². The summed E-state index contributed by atoms with van der Waals surface area (Å²) in [5.41, 5.74) is 9.30. The topological polar surface area (TPSA) is 38.9 Å². The van der Waals surface area contributed by atoms with Gasteiger partial charge in [0.25, 0.3) is 0 Å². The molecule has 0 saturated carbocycles. The lowest BCUT2D eigenvalue weighted by atomic mass is 10.1. The Morgan fingerprint density at radius 3 is 2.87 bits per heavy atom. The van der Waals surface area contributed by atoms with Gasteiger partial charge in [-0.2, -0.15) is 0 Å². The lowest BCUT2D eigenvalue weighted by Gasteiger charge is -2.07. The Balaban J connectivity index is 2.65. The molecule has 0 saturated heterocycles. The molecule has 0 aliphatic heterocycles. The van der Waals surface area contributed by atoms with Crippen molar-refractivity contribution in [2.24, 2.45) is 0 Å². The second kappa shape index (κ2) is 3.89. The number of nitrogens with two attached hydrogens (primary N) is 1. The maximum absolute atomic E-state index is 5.93. The molecule has 2 rings (SSSR count). The number of nitrogen functional groups attached to an aromatic ring is 1. The van der Waals surface area contributed by atoms with Crippen molar-refractivity contribution in [3.05, 3.63) is 35.4 Å². The first-order chi connectivity index (χ1) is 7.22. The molecule has 2 heteroatoms. The predicted molar refractivity (Wildman–Crippen MR) is 64.9 cm³/mol. The highest BCUT2D eigenvalue weighted by Gasteiger charge is 2.04. The summed E-state index contributed by atoms with van der Waals surface area (Å²) in [6.07, 6.45) is 2.10. The van der Waals surface area contributed by atoms with E-state index in [9.17, 15) is 0 Å². The summed E-state index contributed by atoms with van der Waals surface area (Å²) in [5, 5.41) is 1.19. The summed E-state index contributed by atoms with van der Waals surface area (Å²) >= 11 is 0. The Morgan fingerprint density at radius 2 is 2.13 bits per heavy atom. The first-order valence-corrected chi connectivity index (χ1v) is 5.37. The summed E-state index contributed by atoms with van der Waals surface area (Å²) in [4.78, 5) is 4.47. The van der Waals surface area contributed by atoms with Gasteiger partial charge in [-0.05, 0) is 30.5 Å². The molecular formula is C13H16N2. The zero-order valence-electron chi connectivity index (χ0n) is 9.25. The number of para-hydroxylation sites is 1. The van der Waals surface area contributed by atoms with E-state index in [-0.39, 0.29) is 0 Å². The first kappa shape index (κ1) is 9.97. The zero-order chi connectivity index (χ0) is 10.8. The fourth-order valence-corrected chi connectivity index (χ4v) is 1.87. The summed E-state index contributed by atoms with van der Waals surface area (Å²) in [7, 11) is 0. The quantitative estimate of drug-likeness (QED) is 0.809. The molecule has 0 unspecified atom stereocenters. The molecule has 0 atom stereocenters. The number of pyridine rings is 1. The van der Waals surface area contributed by atoms with Crippen LogP contribution >= 0.6 is 0 Å². The molecule has 0 bridgehead atoms. The number of hydrogen-bond donors (Lipinski definition) is 1. The lowest BCUT2D eigenvalue weighted by molar-refractivity contribution is 0.921. The van der Waals surface area contributed by atoms with E-state index in [0.29, 0.717) is 5.82 Å². The smallest absolute Gasteiger partial charge is 0.127 e. The second-order valence-corrected chi connectivity index (χ2v) is 3.93. The highest BCUT2D eigenvalue weighted by molar-refractivity contribution is 5.84. The number of anilines is 1. The van der Waals surface area contributed by atoms with Crippen molar-refractivity contribution < 1.29 is 0 Å². The van der Waals surface area contributed by atoms with E-state index in [1.165, 1.54) is 10.9 Å². The largest absolute Gasteiger partial charge is 0.383 e. The van der Waals surface area contributed by atoms with Crippen LogP contribution in [0.1, 0.15) is 24.5 Å². The molecule has 1 aromatic carbocycles. The van der Waals surface area contributed by atoms with Gasteiger partial charge in [0.15, 0.2) is 0 Å². The number of aromatic nitrogens is 1. The molecule has 1 heterocycles. The van der Waals surface area contributed by atoms with Crippen LogP contribution < -0.4 is 5.73 Å². The van der Waals surface area contributed by atoms with Gasteiger partial charge in [-0.1, -0.05) is 31.5 Å². The van der Waals surface area contributed by atoms with Crippen molar-refractivity contribution in [1.29, 1.82) is 0 Å². The third-order valence-corrected chi connectivity index (χ3v) is 2.68. The first-order valence-electron chi connectivity index (χ1n) is 5.37. The molecule has 1 aromatic heterocycles. The van der Waals surface area contributed by atoms with Crippen LogP contribution in [0.2, 0.25) is 0 Å². The summed E-state index contributed by atoms with van der Waals surface area (Å²) in [5.74, 6) is 0.679. The Hall–Kier alpha value is -1.57. The van der Waals surface area contributed by atoms with Crippen LogP contribution in [0.4, 0.5) is 5.82 Å². The number of fused-ring (bicyclic) bond motifs is 1. The molecule has 0 radical (unpaired) electrons. The van der Waals surface area contributed by atoms with Gasteiger partial charge < -0.3 is 5.73 Å². The van der Waals surface area contributed by atoms with Crippen molar-refractivity contribution in [2.45, 2.75) is 26.7 Å². The predicted octanol–water partition coefficient (Wildman–Crippen LogP) is 3.08. The summed E-state index contributed by atoms with van der Waals surface area (Å²) in [6, 6.07) is 8.38. The Labute approximate surface area is 90.1 Å². The summed E-state index contributed by atoms with van der Waals surface area (Å²) in [6.45, 7) is 4.22. The highest BCUT2D eigenvalue weighted by Crippen LogP contribution is 2.21. The van der Waals surface area contributed by atoms with E-state index in [1.54, 1.807) is 0 Å². The van der Waals surface area contributed by atoms with Crippen LogP contribution in [0.15, 0.2) is 24.3 Å².